The Morgan fingerprint density at radius 3 is 2.76 bits per heavy atom. The summed E-state index contributed by atoms with van der Waals surface area (Å²) < 4.78 is 4.86. The highest BCUT2D eigenvalue weighted by Gasteiger charge is 2.02. The van der Waals surface area contributed by atoms with E-state index >= 15 is 0 Å². The minimum atomic E-state index is 0.324. The summed E-state index contributed by atoms with van der Waals surface area (Å²) in [5.74, 6) is 2.23. The number of nitrogens with zero attached hydrogens (tertiary/aromatic N) is 3. The zero-order valence-electron chi connectivity index (χ0n) is 9.47. The number of nitrogens with two attached hydrogens (primary N) is 2. The number of pyridine rings is 1. The van der Waals surface area contributed by atoms with E-state index in [2.05, 4.69) is 20.4 Å². The molecule has 0 saturated carbocycles. The van der Waals surface area contributed by atoms with E-state index in [1.54, 1.807) is 19.1 Å². The topological polar surface area (TPSA) is 116 Å². The third-order valence-electron chi connectivity index (χ3n) is 2.18. The Morgan fingerprint density at radius 2 is 2.12 bits per heavy atom. The highest BCUT2D eigenvalue weighted by atomic mass is 16.5. The van der Waals surface area contributed by atoms with Gasteiger partial charge in [0, 0.05) is 19.9 Å². The number of hydrogen-bond acceptors (Lipinski definition) is 7. The van der Waals surface area contributed by atoms with Gasteiger partial charge in [0.2, 0.25) is 5.89 Å². The fourth-order valence-electron chi connectivity index (χ4n) is 1.33. The van der Waals surface area contributed by atoms with E-state index in [-0.39, 0.29) is 0 Å². The molecule has 90 valence electrons. The summed E-state index contributed by atoms with van der Waals surface area (Å²) in [4.78, 5) is 8.18. The van der Waals surface area contributed by atoms with E-state index in [1.807, 2.05) is 0 Å². The second-order valence-corrected chi connectivity index (χ2v) is 3.58. The third-order valence-corrected chi connectivity index (χ3v) is 2.18. The first-order valence-corrected chi connectivity index (χ1v) is 5.20. The van der Waals surface area contributed by atoms with E-state index in [0.29, 0.717) is 42.0 Å². The van der Waals surface area contributed by atoms with Crippen molar-refractivity contribution in [1.29, 1.82) is 0 Å². The lowest BCUT2D eigenvalue weighted by molar-refractivity contribution is 0.387. The maximum Gasteiger partial charge on any atom is 0.223 e. The lowest BCUT2D eigenvalue weighted by Gasteiger charge is -2.05. The summed E-state index contributed by atoms with van der Waals surface area (Å²) in [6.07, 6.45) is 0.656. The van der Waals surface area contributed by atoms with Gasteiger partial charge in [-0.1, -0.05) is 5.16 Å². The van der Waals surface area contributed by atoms with Gasteiger partial charge in [0.1, 0.15) is 11.6 Å². The molecule has 0 bridgehead atoms. The van der Waals surface area contributed by atoms with Crippen LogP contribution < -0.4 is 16.8 Å². The average molecular weight is 234 g/mol. The Balaban J connectivity index is 1.87. The first kappa shape index (κ1) is 11.2. The van der Waals surface area contributed by atoms with Gasteiger partial charge in [0.05, 0.1) is 5.69 Å². The van der Waals surface area contributed by atoms with Crippen LogP contribution in [0.1, 0.15) is 11.7 Å². The van der Waals surface area contributed by atoms with Gasteiger partial charge in [0.15, 0.2) is 5.82 Å². The molecule has 0 aliphatic carbocycles. The van der Waals surface area contributed by atoms with Crippen molar-refractivity contribution in [2.24, 2.45) is 0 Å². The lowest BCUT2D eigenvalue weighted by atomic mass is 10.3. The number of rotatable bonds is 4. The van der Waals surface area contributed by atoms with Crippen LogP contribution in [0.15, 0.2) is 16.7 Å². The monoisotopic (exact) mass is 234 g/mol. The van der Waals surface area contributed by atoms with Crippen LogP contribution in [0.5, 0.6) is 0 Å². The largest absolute Gasteiger partial charge is 0.396 e. The van der Waals surface area contributed by atoms with Crippen molar-refractivity contribution >= 4 is 17.3 Å². The number of aromatic nitrogens is 3. The highest BCUT2D eigenvalue weighted by molar-refractivity contribution is 5.61. The molecule has 2 rings (SSSR count). The Hall–Kier alpha value is -2.31. The van der Waals surface area contributed by atoms with E-state index in [9.17, 15) is 0 Å². The van der Waals surface area contributed by atoms with Gasteiger partial charge in [-0.05, 0) is 12.1 Å². The van der Waals surface area contributed by atoms with E-state index in [0.717, 1.165) is 0 Å². The predicted molar refractivity (Wildman–Crippen MR) is 64.3 cm³/mol. The van der Waals surface area contributed by atoms with Gasteiger partial charge in [-0.3, -0.25) is 0 Å². The summed E-state index contributed by atoms with van der Waals surface area (Å²) in [6, 6.07) is 3.48. The Kier molecular flexibility index (Phi) is 3.08. The standard InChI is InChI=1S/C10H14N6O/c1-6-14-9(16-17-6)4-5-13-8-3-2-7(11)10(12)15-8/h2-3H,4-5,11H2,1H3,(H3,12,13,15). The molecule has 0 aliphatic heterocycles. The van der Waals surface area contributed by atoms with E-state index < -0.39 is 0 Å². The van der Waals surface area contributed by atoms with Crippen molar-refractivity contribution in [2.75, 3.05) is 23.3 Å². The summed E-state index contributed by atoms with van der Waals surface area (Å²) in [5.41, 5.74) is 11.6. The van der Waals surface area contributed by atoms with E-state index in [1.165, 1.54) is 0 Å². The summed E-state index contributed by atoms with van der Waals surface area (Å²) >= 11 is 0. The van der Waals surface area contributed by atoms with Gasteiger partial charge in [-0.25, -0.2) is 4.98 Å². The van der Waals surface area contributed by atoms with Crippen LogP contribution in [0.4, 0.5) is 17.3 Å². The molecule has 0 radical (unpaired) electrons. The fraction of sp³-hybridized carbons (Fsp3) is 0.300. The summed E-state index contributed by atoms with van der Waals surface area (Å²) in [6.45, 7) is 2.40. The van der Waals surface area contributed by atoms with Crippen molar-refractivity contribution in [3.8, 4) is 0 Å². The molecule has 2 aromatic heterocycles. The molecular formula is C10H14N6O. The van der Waals surface area contributed by atoms with Crippen molar-refractivity contribution in [3.63, 3.8) is 0 Å². The SMILES string of the molecule is Cc1nc(CCNc2ccc(N)c(N)n2)no1. The molecular weight excluding hydrogens is 220 g/mol. The van der Waals surface area contributed by atoms with E-state index in [4.69, 9.17) is 16.0 Å². The van der Waals surface area contributed by atoms with Crippen molar-refractivity contribution < 1.29 is 4.52 Å². The van der Waals surface area contributed by atoms with Crippen molar-refractivity contribution in [3.05, 3.63) is 23.8 Å². The molecule has 7 nitrogen and oxygen atoms in total. The zero-order valence-corrected chi connectivity index (χ0v) is 9.47. The number of aryl methyl sites for hydroxylation is 1. The molecule has 5 N–H and O–H groups in total. The van der Waals surface area contributed by atoms with Gasteiger partial charge in [-0.15, -0.1) is 0 Å². The lowest BCUT2D eigenvalue weighted by Crippen LogP contribution is -2.08. The number of anilines is 3. The van der Waals surface area contributed by atoms with Crippen LogP contribution in [0, 0.1) is 6.92 Å². The smallest absolute Gasteiger partial charge is 0.223 e. The molecule has 0 saturated heterocycles. The van der Waals surface area contributed by atoms with Crippen molar-refractivity contribution in [1.82, 2.24) is 15.1 Å². The van der Waals surface area contributed by atoms with Gasteiger partial charge in [-0.2, -0.15) is 4.98 Å². The molecule has 17 heavy (non-hydrogen) atoms. The molecule has 2 heterocycles. The van der Waals surface area contributed by atoms with Crippen LogP contribution in [0.3, 0.4) is 0 Å². The molecule has 0 aromatic carbocycles. The molecule has 2 aromatic rings. The van der Waals surface area contributed by atoms with Gasteiger partial charge < -0.3 is 21.3 Å². The van der Waals surface area contributed by atoms with Crippen LogP contribution in [0.25, 0.3) is 0 Å². The number of nitrogens with one attached hydrogen (secondary N) is 1. The quantitative estimate of drug-likeness (QED) is 0.708. The molecule has 0 fully saturated rings. The Bertz CT molecular complexity index is 509. The number of nitrogen functional groups attached to an aromatic ring is 2. The average Bonchev–Trinajstić information content (AvgIpc) is 2.70. The van der Waals surface area contributed by atoms with Crippen molar-refractivity contribution in [2.45, 2.75) is 13.3 Å². The molecule has 0 amide bonds. The molecule has 7 heteroatoms. The minimum absolute atomic E-state index is 0.324. The first-order valence-electron chi connectivity index (χ1n) is 5.20. The predicted octanol–water partition coefficient (Wildman–Crippen LogP) is 0.592. The normalized spacial score (nSPS) is 10.4. The maximum atomic E-state index is 5.59. The van der Waals surface area contributed by atoms with Crippen LogP contribution >= 0.6 is 0 Å². The van der Waals surface area contributed by atoms with Gasteiger partial charge in [0.25, 0.3) is 0 Å². The molecule has 0 aliphatic rings. The maximum absolute atomic E-state index is 5.59. The van der Waals surface area contributed by atoms with Crippen LogP contribution in [-0.4, -0.2) is 21.7 Å². The molecule has 0 spiro atoms. The van der Waals surface area contributed by atoms with Crippen LogP contribution in [-0.2, 0) is 6.42 Å². The Morgan fingerprint density at radius 1 is 1.29 bits per heavy atom. The highest BCUT2D eigenvalue weighted by Crippen LogP contribution is 2.14. The molecule has 0 unspecified atom stereocenters. The Labute approximate surface area is 98.2 Å². The first-order chi connectivity index (χ1) is 8.15. The summed E-state index contributed by atoms with van der Waals surface area (Å²) in [7, 11) is 0. The second kappa shape index (κ2) is 4.69. The number of hydrogen-bond donors (Lipinski definition) is 3. The van der Waals surface area contributed by atoms with Crippen LogP contribution in [0.2, 0.25) is 0 Å². The third kappa shape index (κ3) is 2.83. The zero-order chi connectivity index (χ0) is 12.3. The summed E-state index contributed by atoms with van der Waals surface area (Å²) in [5, 5.41) is 6.89. The fourth-order valence-corrected chi connectivity index (χ4v) is 1.33. The second-order valence-electron chi connectivity index (χ2n) is 3.58. The molecule has 0 atom stereocenters. The minimum Gasteiger partial charge on any atom is -0.396 e. The van der Waals surface area contributed by atoms with Gasteiger partial charge >= 0.3 is 0 Å².